The maximum atomic E-state index is 12.7. The van der Waals surface area contributed by atoms with Crippen LogP contribution < -0.4 is 10.6 Å². The predicted octanol–water partition coefficient (Wildman–Crippen LogP) is 5.17. The molecule has 0 radical (unpaired) electrons. The van der Waals surface area contributed by atoms with Crippen LogP contribution in [0.25, 0.3) is 11.3 Å². The maximum Gasteiger partial charge on any atom is 0.251 e. The molecular formula is C26H22N4O. The van der Waals surface area contributed by atoms with Gasteiger partial charge in [-0.05, 0) is 42.3 Å². The number of carbonyl (C=O) groups is 1. The van der Waals surface area contributed by atoms with Gasteiger partial charge in [0.15, 0.2) is 0 Å². The molecule has 1 aliphatic carbocycles. The molecule has 2 atom stereocenters. The SMILES string of the molecule is O=C(N[C@@H]1C[C@H]1c1ccccc1)c1cccc(Nc2ccc(-c3cnccn3)cc2)c1. The van der Waals surface area contributed by atoms with Gasteiger partial charge in [0.25, 0.3) is 5.91 Å². The van der Waals surface area contributed by atoms with Crippen molar-refractivity contribution in [2.75, 3.05) is 5.32 Å². The Balaban J connectivity index is 1.23. The number of rotatable bonds is 6. The summed E-state index contributed by atoms with van der Waals surface area (Å²) in [6.07, 6.45) is 6.08. The molecule has 5 rings (SSSR count). The number of nitrogens with zero attached hydrogens (tertiary/aromatic N) is 2. The van der Waals surface area contributed by atoms with E-state index >= 15 is 0 Å². The first-order chi connectivity index (χ1) is 15.3. The molecular weight excluding hydrogens is 384 g/mol. The lowest BCUT2D eigenvalue weighted by Gasteiger charge is -2.10. The highest BCUT2D eigenvalue weighted by atomic mass is 16.1. The number of aromatic nitrogens is 2. The first kappa shape index (κ1) is 19.0. The van der Waals surface area contributed by atoms with E-state index in [2.05, 4.69) is 32.7 Å². The number of nitrogens with one attached hydrogen (secondary N) is 2. The average Bonchev–Trinajstić information content (AvgIpc) is 3.60. The summed E-state index contributed by atoms with van der Waals surface area (Å²) in [5.74, 6) is 0.379. The Bertz CT molecular complexity index is 1180. The van der Waals surface area contributed by atoms with Crippen molar-refractivity contribution in [2.24, 2.45) is 0 Å². The fourth-order valence-corrected chi connectivity index (χ4v) is 3.75. The molecule has 1 saturated carbocycles. The molecule has 1 aromatic heterocycles. The minimum Gasteiger partial charge on any atom is -0.356 e. The van der Waals surface area contributed by atoms with Crippen LogP contribution in [0.1, 0.15) is 28.3 Å². The molecule has 0 aliphatic heterocycles. The largest absolute Gasteiger partial charge is 0.356 e. The maximum absolute atomic E-state index is 12.7. The molecule has 1 aliphatic rings. The van der Waals surface area contributed by atoms with E-state index in [1.165, 1.54) is 5.56 Å². The summed E-state index contributed by atoms with van der Waals surface area (Å²) in [5, 5.41) is 6.52. The Morgan fingerprint density at radius 1 is 0.871 bits per heavy atom. The van der Waals surface area contributed by atoms with Gasteiger partial charge >= 0.3 is 0 Å². The fraction of sp³-hybridized carbons (Fsp3) is 0.115. The van der Waals surface area contributed by atoms with Gasteiger partial charge in [0.2, 0.25) is 0 Å². The van der Waals surface area contributed by atoms with Crippen molar-refractivity contribution < 1.29 is 4.79 Å². The van der Waals surface area contributed by atoms with Crippen molar-refractivity contribution >= 4 is 17.3 Å². The molecule has 5 heteroatoms. The van der Waals surface area contributed by atoms with Crippen LogP contribution in [-0.2, 0) is 0 Å². The molecule has 31 heavy (non-hydrogen) atoms. The second-order valence-electron chi connectivity index (χ2n) is 7.71. The van der Waals surface area contributed by atoms with Crippen LogP contribution in [0.4, 0.5) is 11.4 Å². The molecule has 0 spiro atoms. The van der Waals surface area contributed by atoms with E-state index in [0.717, 1.165) is 29.1 Å². The zero-order valence-electron chi connectivity index (χ0n) is 16.9. The minimum absolute atomic E-state index is 0.0370. The summed E-state index contributed by atoms with van der Waals surface area (Å²) >= 11 is 0. The van der Waals surface area contributed by atoms with Gasteiger partial charge in [0.05, 0.1) is 11.9 Å². The Labute approximate surface area is 181 Å². The zero-order chi connectivity index (χ0) is 21.0. The standard InChI is InChI=1S/C26H22N4O/c31-26(30-24-16-23(24)18-5-2-1-3-6-18)20-7-4-8-22(15-20)29-21-11-9-19(10-12-21)25-17-27-13-14-28-25/h1-15,17,23-24,29H,16H2,(H,30,31)/t23-,24+/m0/s1. The highest BCUT2D eigenvalue weighted by Crippen LogP contribution is 2.40. The highest BCUT2D eigenvalue weighted by molar-refractivity contribution is 5.95. The monoisotopic (exact) mass is 406 g/mol. The third kappa shape index (κ3) is 4.46. The zero-order valence-corrected chi connectivity index (χ0v) is 16.9. The predicted molar refractivity (Wildman–Crippen MR) is 122 cm³/mol. The molecule has 152 valence electrons. The van der Waals surface area contributed by atoms with Crippen molar-refractivity contribution in [3.05, 3.63) is 109 Å². The van der Waals surface area contributed by atoms with E-state index in [1.54, 1.807) is 18.6 Å². The molecule has 0 bridgehead atoms. The summed E-state index contributed by atoms with van der Waals surface area (Å²) < 4.78 is 0. The fourth-order valence-electron chi connectivity index (χ4n) is 3.75. The first-order valence-corrected chi connectivity index (χ1v) is 10.4. The minimum atomic E-state index is -0.0370. The molecule has 3 aromatic carbocycles. The van der Waals surface area contributed by atoms with E-state index in [9.17, 15) is 4.79 Å². The average molecular weight is 406 g/mol. The normalized spacial score (nSPS) is 17.0. The van der Waals surface area contributed by atoms with E-state index in [4.69, 9.17) is 0 Å². The van der Waals surface area contributed by atoms with Crippen LogP contribution in [0.3, 0.4) is 0 Å². The van der Waals surface area contributed by atoms with Crippen LogP contribution in [-0.4, -0.2) is 21.9 Å². The van der Waals surface area contributed by atoms with Gasteiger partial charge in [0, 0.05) is 46.9 Å². The number of amides is 1. The first-order valence-electron chi connectivity index (χ1n) is 10.4. The Morgan fingerprint density at radius 2 is 1.71 bits per heavy atom. The van der Waals surface area contributed by atoms with E-state index in [-0.39, 0.29) is 11.9 Å². The van der Waals surface area contributed by atoms with Crippen molar-refractivity contribution in [1.82, 2.24) is 15.3 Å². The number of carbonyl (C=O) groups excluding carboxylic acids is 1. The summed E-state index contributed by atoms with van der Waals surface area (Å²) in [4.78, 5) is 21.2. The molecule has 1 heterocycles. The van der Waals surface area contributed by atoms with Gasteiger partial charge < -0.3 is 10.6 Å². The lowest BCUT2D eigenvalue weighted by atomic mass is 10.1. The third-order valence-electron chi connectivity index (χ3n) is 5.49. The number of anilines is 2. The van der Waals surface area contributed by atoms with Crippen molar-refractivity contribution in [3.8, 4) is 11.3 Å². The molecule has 1 fully saturated rings. The van der Waals surface area contributed by atoms with E-state index in [0.29, 0.717) is 11.5 Å². The summed E-state index contributed by atoms with van der Waals surface area (Å²) in [6, 6.07) is 26.1. The van der Waals surface area contributed by atoms with Gasteiger partial charge in [-0.15, -0.1) is 0 Å². The van der Waals surface area contributed by atoms with Crippen LogP contribution in [0.2, 0.25) is 0 Å². The molecule has 0 unspecified atom stereocenters. The van der Waals surface area contributed by atoms with Crippen LogP contribution in [0.15, 0.2) is 97.5 Å². The quantitative estimate of drug-likeness (QED) is 0.463. The third-order valence-corrected chi connectivity index (χ3v) is 5.49. The van der Waals surface area contributed by atoms with Crippen molar-refractivity contribution in [2.45, 2.75) is 18.4 Å². The van der Waals surface area contributed by atoms with E-state index in [1.807, 2.05) is 66.7 Å². The van der Waals surface area contributed by atoms with Gasteiger partial charge in [-0.25, -0.2) is 0 Å². The Hall–Kier alpha value is -3.99. The molecule has 5 nitrogen and oxygen atoms in total. The van der Waals surface area contributed by atoms with Crippen LogP contribution >= 0.6 is 0 Å². The number of hydrogen-bond donors (Lipinski definition) is 2. The summed E-state index contributed by atoms with van der Waals surface area (Å²) in [6.45, 7) is 0. The van der Waals surface area contributed by atoms with Crippen LogP contribution in [0, 0.1) is 0 Å². The topological polar surface area (TPSA) is 66.9 Å². The molecule has 0 saturated heterocycles. The van der Waals surface area contributed by atoms with E-state index < -0.39 is 0 Å². The van der Waals surface area contributed by atoms with Crippen LogP contribution in [0.5, 0.6) is 0 Å². The Kier molecular flexibility index (Phi) is 5.15. The highest BCUT2D eigenvalue weighted by Gasteiger charge is 2.39. The lowest BCUT2D eigenvalue weighted by molar-refractivity contribution is 0.0950. The molecule has 4 aromatic rings. The van der Waals surface area contributed by atoms with Crippen molar-refractivity contribution in [1.29, 1.82) is 0 Å². The van der Waals surface area contributed by atoms with Gasteiger partial charge in [-0.3, -0.25) is 14.8 Å². The summed E-state index contributed by atoms with van der Waals surface area (Å²) in [7, 11) is 0. The second kappa shape index (κ2) is 8.40. The Morgan fingerprint density at radius 3 is 2.48 bits per heavy atom. The summed E-state index contributed by atoms with van der Waals surface area (Å²) in [5.41, 5.74) is 5.59. The van der Waals surface area contributed by atoms with Gasteiger partial charge in [0.1, 0.15) is 0 Å². The molecule has 2 N–H and O–H groups in total. The smallest absolute Gasteiger partial charge is 0.251 e. The van der Waals surface area contributed by atoms with Gasteiger partial charge in [-0.2, -0.15) is 0 Å². The van der Waals surface area contributed by atoms with Gasteiger partial charge in [-0.1, -0.05) is 48.5 Å². The van der Waals surface area contributed by atoms with Crippen molar-refractivity contribution in [3.63, 3.8) is 0 Å². The lowest BCUT2D eigenvalue weighted by Crippen LogP contribution is -2.26. The number of hydrogen-bond acceptors (Lipinski definition) is 4. The second-order valence-corrected chi connectivity index (χ2v) is 7.71. The number of benzene rings is 3. The molecule has 1 amide bonds.